The lowest BCUT2D eigenvalue weighted by molar-refractivity contribution is -0.137. The summed E-state index contributed by atoms with van der Waals surface area (Å²) in [6, 6.07) is 24.1. The van der Waals surface area contributed by atoms with Gasteiger partial charge in [0, 0.05) is 22.9 Å². The molecule has 0 fully saturated rings. The molecule has 3 N–H and O–H groups in total. The van der Waals surface area contributed by atoms with Crippen molar-refractivity contribution in [2.45, 2.75) is 24.6 Å². The average Bonchev–Trinajstić information content (AvgIpc) is 2.95. The monoisotopic (exact) mass is 552 g/mol. The molecule has 0 saturated carbocycles. The Morgan fingerprint density at radius 2 is 1.64 bits per heavy atom. The van der Waals surface area contributed by atoms with E-state index in [-0.39, 0.29) is 29.0 Å². The molecule has 0 bridgehead atoms. The fourth-order valence-electron chi connectivity index (χ4n) is 3.98. The fourth-order valence-corrected chi connectivity index (χ4v) is 4.83. The Balaban J connectivity index is 1.70. The van der Waals surface area contributed by atoms with Crippen LogP contribution in [0.25, 0.3) is 11.1 Å². The van der Waals surface area contributed by atoms with Gasteiger partial charge < -0.3 is 14.8 Å². The minimum atomic E-state index is -4.56. The Hall–Kier alpha value is -4.08. The topological polar surface area (TPSA) is 73.6 Å². The van der Waals surface area contributed by atoms with Gasteiger partial charge in [0.25, 0.3) is 5.91 Å². The number of alkyl halides is 3. The van der Waals surface area contributed by atoms with Crippen LogP contribution in [-0.2, 0) is 12.8 Å². The lowest BCUT2D eigenvalue weighted by Crippen LogP contribution is -2.13. The maximum atomic E-state index is 13.8. The molecule has 9 heteroatoms. The number of amides is 1. The van der Waals surface area contributed by atoms with E-state index in [4.69, 9.17) is 14.6 Å². The predicted molar refractivity (Wildman–Crippen MR) is 150 cm³/mol. The maximum Gasteiger partial charge on any atom is 0.417 e. The number of carbonyl (C=O) groups excluding carboxylic acids is 1. The van der Waals surface area contributed by atoms with Crippen molar-refractivity contribution in [3.8, 4) is 22.6 Å². The molecule has 1 amide bonds. The van der Waals surface area contributed by atoms with Crippen LogP contribution in [0, 0.1) is 0 Å². The van der Waals surface area contributed by atoms with E-state index < -0.39 is 28.3 Å². The molecule has 4 aromatic rings. The second-order valence-corrected chi connectivity index (χ2v) is 10.1. The maximum absolute atomic E-state index is 13.8. The van der Waals surface area contributed by atoms with E-state index in [0.29, 0.717) is 11.4 Å². The van der Waals surface area contributed by atoms with E-state index in [9.17, 15) is 18.0 Å². The van der Waals surface area contributed by atoms with Gasteiger partial charge in [-0.05, 0) is 59.8 Å². The van der Waals surface area contributed by atoms with E-state index in [0.717, 1.165) is 16.5 Å². The fraction of sp³-hybridized carbons (Fsp3) is 0.133. The molecule has 0 aliphatic rings. The largest absolute Gasteiger partial charge is 0.495 e. The summed E-state index contributed by atoms with van der Waals surface area (Å²) < 4.78 is 52.8. The highest BCUT2D eigenvalue weighted by Gasteiger charge is 2.34. The molecule has 1 atom stereocenters. The van der Waals surface area contributed by atoms with Crippen LogP contribution in [0.15, 0.2) is 95.9 Å². The van der Waals surface area contributed by atoms with Crippen molar-refractivity contribution in [2.75, 3.05) is 12.4 Å². The van der Waals surface area contributed by atoms with E-state index in [2.05, 4.69) is 5.32 Å². The molecule has 39 heavy (non-hydrogen) atoms. The van der Waals surface area contributed by atoms with Crippen molar-refractivity contribution < 1.29 is 27.4 Å². The van der Waals surface area contributed by atoms with Crippen molar-refractivity contribution >= 4 is 27.6 Å². The first-order valence-electron chi connectivity index (χ1n) is 11.9. The number of hydrogen-bond acceptors (Lipinski definition) is 4. The quantitative estimate of drug-likeness (QED) is 0.222. The molecule has 0 aliphatic carbocycles. The average molecular weight is 553 g/mol. The SMILES string of the molecule is C/C=S(\N)c1ccc(NC(=O)c2ccc(-c3ccccc3C(F)(F)F)c(OCc3ccccc3)c2)cc1OC. The second kappa shape index (κ2) is 12.2. The summed E-state index contributed by atoms with van der Waals surface area (Å²) in [7, 11) is 0.900. The van der Waals surface area contributed by atoms with E-state index >= 15 is 0 Å². The first-order valence-corrected chi connectivity index (χ1v) is 13.3. The molecular weight excluding hydrogens is 525 g/mol. The molecule has 4 aromatic carbocycles. The number of benzene rings is 4. The standard InChI is InChI=1S/C30H27F3N2O3S/c1-3-39(34)28-16-14-22(18-27(28)37-2)35-29(36)21-13-15-24(23-11-7-8-12-25(23)30(31,32)33)26(17-21)38-19-20-9-5-4-6-10-20/h3-18H,19,34H2,1-2H3,(H,35,36). The van der Waals surface area contributed by atoms with Crippen LogP contribution in [0.5, 0.6) is 11.5 Å². The molecule has 0 saturated heterocycles. The molecule has 5 nitrogen and oxygen atoms in total. The van der Waals surface area contributed by atoms with Crippen molar-refractivity contribution in [1.82, 2.24) is 0 Å². The van der Waals surface area contributed by atoms with Gasteiger partial charge in [-0.15, -0.1) is 0 Å². The molecule has 0 heterocycles. The van der Waals surface area contributed by atoms with Gasteiger partial charge in [0.15, 0.2) is 0 Å². The smallest absolute Gasteiger partial charge is 0.417 e. The minimum absolute atomic E-state index is 0.0368. The molecule has 0 aromatic heterocycles. The number of rotatable bonds is 8. The molecule has 0 radical (unpaired) electrons. The number of nitrogens with one attached hydrogen (secondary N) is 1. The minimum Gasteiger partial charge on any atom is -0.495 e. The third-order valence-electron chi connectivity index (χ3n) is 5.93. The molecule has 0 spiro atoms. The Morgan fingerprint density at radius 1 is 0.923 bits per heavy atom. The summed E-state index contributed by atoms with van der Waals surface area (Å²) in [6.45, 7) is 1.97. The number of ether oxygens (including phenoxy) is 2. The van der Waals surface area contributed by atoms with Gasteiger partial charge in [-0.2, -0.15) is 13.2 Å². The summed E-state index contributed by atoms with van der Waals surface area (Å²) in [4.78, 5) is 14.0. The molecule has 1 unspecified atom stereocenters. The number of methoxy groups -OCH3 is 1. The van der Waals surface area contributed by atoms with Gasteiger partial charge in [0.2, 0.25) is 0 Å². The van der Waals surface area contributed by atoms with Gasteiger partial charge in [-0.25, -0.2) is 0 Å². The van der Waals surface area contributed by atoms with Crippen LogP contribution in [0.3, 0.4) is 0 Å². The summed E-state index contributed by atoms with van der Waals surface area (Å²) >= 11 is 0. The van der Waals surface area contributed by atoms with Crippen LogP contribution in [-0.4, -0.2) is 18.4 Å². The second-order valence-electron chi connectivity index (χ2n) is 8.46. The van der Waals surface area contributed by atoms with E-state index in [1.54, 1.807) is 18.2 Å². The number of nitrogens with two attached hydrogens (primary N) is 1. The highest BCUT2D eigenvalue weighted by Crippen LogP contribution is 2.41. The van der Waals surface area contributed by atoms with E-state index in [1.807, 2.05) is 42.6 Å². The molecule has 0 aliphatic heterocycles. The Kier molecular flexibility index (Phi) is 8.73. The van der Waals surface area contributed by atoms with Gasteiger partial charge in [0.05, 0.1) is 17.6 Å². The summed E-state index contributed by atoms with van der Waals surface area (Å²) in [6.07, 6.45) is -4.56. The van der Waals surface area contributed by atoms with Crippen molar-refractivity contribution in [1.29, 1.82) is 0 Å². The first-order chi connectivity index (χ1) is 18.7. The van der Waals surface area contributed by atoms with Crippen LogP contribution >= 0.6 is 10.7 Å². The number of halogens is 3. The third-order valence-corrected chi connectivity index (χ3v) is 7.29. The highest BCUT2D eigenvalue weighted by molar-refractivity contribution is 8.13. The van der Waals surface area contributed by atoms with Crippen LogP contribution in [0.4, 0.5) is 18.9 Å². The van der Waals surface area contributed by atoms with E-state index in [1.165, 1.54) is 43.5 Å². The predicted octanol–water partition coefficient (Wildman–Crippen LogP) is 7.54. The molecular formula is C30H27F3N2O3S. The Bertz CT molecular complexity index is 1510. The summed E-state index contributed by atoms with van der Waals surface area (Å²) in [5.41, 5.74) is 0.930. The van der Waals surface area contributed by atoms with Gasteiger partial charge >= 0.3 is 6.18 Å². The highest BCUT2D eigenvalue weighted by atomic mass is 32.2. The third kappa shape index (κ3) is 6.68. The lowest BCUT2D eigenvalue weighted by Gasteiger charge is -2.18. The number of hydrogen-bond donors (Lipinski definition) is 2. The van der Waals surface area contributed by atoms with Crippen molar-refractivity contribution in [2.24, 2.45) is 5.14 Å². The lowest BCUT2D eigenvalue weighted by atomic mass is 9.97. The number of anilines is 1. The number of carbonyl (C=O) groups is 1. The van der Waals surface area contributed by atoms with Crippen molar-refractivity contribution in [3.63, 3.8) is 0 Å². The zero-order chi connectivity index (χ0) is 28.0. The van der Waals surface area contributed by atoms with Crippen molar-refractivity contribution in [3.05, 3.63) is 108 Å². The first kappa shape index (κ1) is 27.9. The normalized spacial score (nSPS) is 12.2. The van der Waals surface area contributed by atoms with Crippen LogP contribution in [0.1, 0.15) is 28.4 Å². The summed E-state index contributed by atoms with van der Waals surface area (Å²) in [5, 5.41) is 10.8. The van der Waals surface area contributed by atoms with Gasteiger partial charge in [0.1, 0.15) is 18.1 Å². The van der Waals surface area contributed by atoms with Gasteiger partial charge in [-0.3, -0.25) is 9.93 Å². The van der Waals surface area contributed by atoms with Gasteiger partial charge in [-0.1, -0.05) is 59.2 Å². The molecule has 4 rings (SSSR count). The zero-order valence-electron chi connectivity index (χ0n) is 21.3. The van der Waals surface area contributed by atoms with Crippen LogP contribution < -0.4 is 19.9 Å². The Labute approximate surface area is 227 Å². The molecule has 202 valence electrons. The zero-order valence-corrected chi connectivity index (χ0v) is 22.1. The Morgan fingerprint density at radius 3 is 2.33 bits per heavy atom. The van der Waals surface area contributed by atoms with Crippen LogP contribution in [0.2, 0.25) is 0 Å². The summed E-state index contributed by atoms with van der Waals surface area (Å²) in [5.74, 6) is 0.225.